The first-order valence-corrected chi connectivity index (χ1v) is 14.8. The van der Waals surface area contributed by atoms with E-state index in [0.29, 0.717) is 30.2 Å². The molecule has 3 aliphatic rings. The highest BCUT2D eigenvalue weighted by molar-refractivity contribution is 6.82. The molecule has 172 valence electrons. The number of amidine groups is 1. The van der Waals surface area contributed by atoms with Gasteiger partial charge in [-0.3, -0.25) is 9.79 Å². The molecule has 1 aliphatic carbocycles. The van der Waals surface area contributed by atoms with Crippen molar-refractivity contribution in [2.75, 3.05) is 18.4 Å². The minimum Gasteiger partial charge on any atom is -0.311 e. The number of amides is 3. The van der Waals surface area contributed by atoms with Gasteiger partial charge in [-0.15, -0.1) is 0 Å². The van der Waals surface area contributed by atoms with Gasteiger partial charge in [-0.25, -0.2) is 9.18 Å². The summed E-state index contributed by atoms with van der Waals surface area (Å²) in [5, 5.41) is 5.76. The van der Waals surface area contributed by atoms with E-state index in [2.05, 4.69) is 35.3 Å². The molecule has 2 aliphatic heterocycles. The molecular weight excluding hydrogens is 423 g/mol. The quantitative estimate of drug-likeness (QED) is 0.638. The molecule has 0 radical (unpaired) electrons. The molecule has 6 nitrogen and oxygen atoms in total. The Hall–Kier alpha value is -2.48. The highest BCUT2D eigenvalue weighted by Gasteiger charge is 2.54. The highest BCUT2D eigenvalue weighted by Crippen LogP contribution is 2.55. The Balaban J connectivity index is 1.51. The van der Waals surface area contributed by atoms with Crippen LogP contribution in [0.2, 0.25) is 24.7 Å². The highest BCUT2D eigenvalue weighted by atomic mass is 28.3. The van der Waals surface area contributed by atoms with Gasteiger partial charge in [-0.1, -0.05) is 32.1 Å². The maximum Gasteiger partial charge on any atom is 0.322 e. The number of rotatable bonds is 3. The van der Waals surface area contributed by atoms with Crippen LogP contribution in [0, 0.1) is 12.7 Å². The molecule has 2 heterocycles. The van der Waals surface area contributed by atoms with Crippen LogP contribution in [0.5, 0.6) is 0 Å². The Morgan fingerprint density at radius 1 is 1.16 bits per heavy atom. The first-order chi connectivity index (χ1) is 14.9. The fraction of sp³-hybridized carbons (Fsp3) is 0.542. The van der Waals surface area contributed by atoms with Crippen LogP contribution in [0.3, 0.4) is 0 Å². The van der Waals surface area contributed by atoms with Crippen LogP contribution in [0.4, 0.5) is 14.9 Å². The molecule has 0 aromatic heterocycles. The van der Waals surface area contributed by atoms with Crippen LogP contribution in [0.1, 0.15) is 38.7 Å². The molecule has 1 saturated carbocycles. The summed E-state index contributed by atoms with van der Waals surface area (Å²) < 4.78 is 13.9. The molecule has 0 unspecified atom stereocenters. The summed E-state index contributed by atoms with van der Waals surface area (Å²) in [5.41, 5.74) is 2.30. The molecule has 0 atom stereocenters. The molecule has 8 heteroatoms. The molecule has 1 fully saturated rings. The third-order valence-electron chi connectivity index (χ3n) is 7.84. The van der Waals surface area contributed by atoms with Gasteiger partial charge in [0.15, 0.2) is 0 Å². The molecule has 0 saturated heterocycles. The topological polar surface area (TPSA) is 73.8 Å². The summed E-state index contributed by atoms with van der Waals surface area (Å²) in [6.45, 7) is 13.2. The van der Waals surface area contributed by atoms with Gasteiger partial charge >= 0.3 is 6.03 Å². The lowest BCUT2D eigenvalue weighted by molar-refractivity contribution is -0.125. The number of hydrogen-bond acceptors (Lipinski definition) is 3. The zero-order valence-electron chi connectivity index (χ0n) is 19.9. The first kappa shape index (κ1) is 22.7. The molecule has 2 N–H and O–H groups in total. The molecule has 4 rings (SSSR count). The second-order valence-electron chi connectivity index (χ2n) is 10.7. The Kier molecular flexibility index (Phi) is 5.35. The second kappa shape index (κ2) is 7.54. The van der Waals surface area contributed by atoms with Crippen molar-refractivity contribution in [2.45, 2.75) is 70.3 Å². The predicted molar refractivity (Wildman–Crippen MR) is 128 cm³/mol. The van der Waals surface area contributed by atoms with Crippen molar-refractivity contribution in [3.05, 3.63) is 40.7 Å². The Morgan fingerprint density at radius 2 is 1.84 bits per heavy atom. The lowest BCUT2D eigenvalue weighted by atomic mass is 9.83. The minimum absolute atomic E-state index is 0.0894. The van der Waals surface area contributed by atoms with Crippen molar-refractivity contribution in [2.24, 2.45) is 4.99 Å². The molecular formula is C24H33FN4O2Si. The third-order valence-corrected chi connectivity index (χ3v) is 11.4. The zero-order valence-corrected chi connectivity index (χ0v) is 20.9. The van der Waals surface area contributed by atoms with Crippen LogP contribution >= 0.6 is 0 Å². The van der Waals surface area contributed by atoms with Gasteiger partial charge in [0.1, 0.15) is 11.7 Å². The molecule has 0 bridgehead atoms. The number of carbonyl (C=O) groups excluding carboxylic acids is 2. The van der Waals surface area contributed by atoms with E-state index in [-0.39, 0.29) is 22.8 Å². The van der Waals surface area contributed by atoms with E-state index in [4.69, 9.17) is 0 Å². The molecule has 0 spiro atoms. The zero-order chi connectivity index (χ0) is 23.5. The van der Waals surface area contributed by atoms with Gasteiger partial charge in [0.05, 0.1) is 26.7 Å². The van der Waals surface area contributed by atoms with E-state index in [1.165, 1.54) is 6.07 Å². The van der Waals surface area contributed by atoms with Gasteiger partial charge in [0.25, 0.3) is 0 Å². The van der Waals surface area contributed by atoms with Crippen LogP contribution in [-0.4, -0.2) is 49.4 Å². The number of aliphatic imine (C=N–C) groups is 1. The SMILES string of the molecule is Cc1c(F)cccc1NC(=O)N1CC2=C(CN=C2NC(=O)C2([Si](C)(C)C)CCC2)C1(C)C. The predicted octanol–water partition coefficient (Wildman–Crippen LogP) is 4.85. The number of nitrogens with one attached hydrogen (secondary N) is 2. The van der Waals surface area contributed by atoms with Crippen molar-refractivity contribution in [3.63, 3.8) is 0 Å². The molecule has 1 aromatic carbocycles. The van der Waals surface area contributed by atoms with Crippen molar-refractivity contribution >= 4 is 31.5 Å². The van der Waals surface area contributed by atoms with E-state index in [0.717, 1.165) is 30.4 Å². The van der Waals surface area contributed by atoms with Crippen molar-refractivity contribution < 1.29 is 14.0 Å². The smallest absolute Gasteiger partial charge is 0.311 e. The van der Waals surface area contributed by atoms with Gasteiger partial charge in [-0.2, -0.15) is 0 Å². The number of hydrogen-bond donors (Lipinski definition) is 2. The van der Waals surface area contributed by atoms with Gasteiger partial charge < -0.3 is 15.5 Å². The number of benzene rings is 1. The van der Waals surface area contributed by atoms with E-state index in [1.54, 1.807) is 24.0 Å². The van der Waals surface area contributed by atoms with Crippen molar-refractivity contribution in [1.82, 2.24) is 10.2 Å². The molecule has 1 aromatic rings. The lowest BCUT2D eigenvalue weighted by Gasteiger charge is -2.49. The number of carbonyl (C=O) groups is 2. The van der Waals surface area contributed by atoms with Gasteiger partial charge in [0, 0.05) is 21.9 Å². The van der Waals surface area contributed by atoms with Crippen LogP contribution in [-0.2, 0) is 4.79 Å². The number of halogens is 1. The second-order valence-corrected chi connectivity index (χ2v) is 16.2. The van der Waals surface area contributed by atoms with E-state index in [9.17, 15) is 14.0 Å². The van der Waals surface area contributed by atoms with Crippen molar-refractivity contribution in [1.29, 1.82) is 0 Å². The van der Waals surface area contributed by atoms with Crippen LogP contribution in [0.25, 0.3) is 0 Å². The fourth-order valence-corrected chi connectivity index (χ4v) is 7.78. The van der Waals surface area contributed by atoms with E-state index >= 15 is 0 Å². The Bertz CT molecular complexity index is 1050. The van der Waals surface area contributed by atoms with Crippen LogP contribution in [0.15, 0.2) is 34.3 Å². The lowest BCUT2D eigenvalue weighted by Crippen LogP contribution is -2.55. The largest absolute Gasteiger partial charge is 0.322 e. The fourth-order valence-electron chi connectivity index (χ4n) is 5.18. The third kappa shape index (κ3) is 3.39. The van der Waals surface area contributed by atoms with E-state index in [1.807, 2.05) is 13.8 Å². The number of anilines is 1. The summed E-state index contributed by atoms with van der Waals surface area (Å²) in [7, 11) is -1.69. The summed E-state index contributed by atoms with van der Waals surface area (Å²) in [6.07, 6.45) is 2.99. The monoisotopic (exact) mass is 456 g/mol. The summed E-state index contributed by atoms with van der Waals surface area (Å²) >= 11 is 0. The maximum absolute atomic E-state index is 13.9. The first-order valence-electron chi connectivity index (χ1n) is 11.3. The van der Waals surface area contributed by atoms with Crippen LogP contribution < -0.4 is 10.6 Å². The Labute approximate surface area is 190 Å². The Morgan fingerprint density at radius 3 is 2.44 bits per heavy atom. The minimum atomic E-state index is -1.69. The standard InChI is InChI=1S/C24H33FN4O2Si/c1-15-18(25)9-7-10-19(15)27-22(31)29-14-16-17(23(29,2)3)13-26-20(16)28-21(30)24(11-8-12-24)32(4,5)6/h7,9-10H,8,11-14H2,1-6H3,(H,27,31)(H,26,28,30). The number of nitrogens with zero attached hydrogens (tertiary/aromatic N) is 2. The van der Waals surface area contributed by atoms with E-state index < -0.39 is 13.6 Å². The molecule has 32 heavy (non-hydrogen) atoms. The normalized spacial score (nSPS) is 21.1. The average Bonchev–Trinajstić information content (AvgIpc) is 3.15. The number of urea groups is 1. The molecule has 3 amide bonds. The summed E-state index contributed by atoms with van der Waals surface area (Å²) in [5.74, 6) is 0.347. The van der Waals surface area contributed by atoms with Crippen molar-refractivity contribution in [3.8, 4) is 0 Å². The average molecular weight is 457 g/mol. The summed E-state index contributed by atoms with van der Waals surface area (Å²) in [4.78, 5) is 32.8. The summed E-state index contributed by atoms with van der Waals surface area (Å²) in [6, 6.07) is 4.37. The van der Waals surface area contributed by atoms with Gasteiger partial charge in [0.2, 0.25) is 5.91 Å². The van der Waals surface area contributed by atoms with Gasteiger partial charge in [-0.05, 0) is 51.3 Å². The maximum atomic E-state index is 13.9.